The third-order valence-corrected chi connectivity index (χ3v) is 10.0. The van der Waals surface area contributed by atoms with Gasteiger partial charge in [0, 0.05) is 13.5 Å². The number of carbonyl (C=O) groups is 1. The summed E-state index contributed by atoms with van der Waals surface area (Å²) < 4.78 is 12.2. The summed E-state index contributed by atoms with van der Waals surface area (Å²) in [7, 11) is -1.89. The van der Waals surface area contributed by atoms with Crippen LogP contribution in [0.2, 0.25) is 31.7 Å². The Bertz CT molecular complexity index is 266. The summed E-state index contributed by atoms with van der Waals surface area (Å²) in [6, 6.07) is 2.02. The van der Waals surface area contributed by atoms with E-state index in [0.29, 0.717) is 0 Å². The molecule has 0 amide bonds. The molecule has 0 spiro atoms. The van der Waals surface area contributed by atoms with Crippen LogP contribution < -0.4 is 0 Å². The maximum absolute atomic E-state index is 10.5. The smallest absolute Gasteiger partial charge is 0.327 e. The van der Waals surface area contributed by atoms with E-state index in [1.165, 1.54) is 0 Å². The Morgan fingerprint density at radius 1 is 1.11 bits per heavy atom. The summed E-state index contributed by atoms with van der Waals surface area (Å²) in [5.74, 6) is -0.706. The number of hydrogen-bond acceptors (Lipinski definition) is 3. The molecule has 0 heterocycles. The fourth-order valence-electron chi connectivity index (χ4n) is 2.26. The van der Waals surface area contributed by atoms with Crippen LogP contribution in [0.1, 0.15) is 39.0 Å². The summed E-state index contributed by atoms with van der Waals surface area (Å²) in [4.78, 5) is 10.5. The highest BCUT2D eigenvalue weighted by Crippen LogP contribution is 2.27. The normalized spacial score (nSPS) is 15.2. The van der Waals surface area contributed by atoms with Crippen molar-refractivity contribution in [2.24, 2.45) is 0 Å². The Balaban J connectivity index is 4.30. The minimum Gasteiger partial charge on any atom is -0.481 e. The van der Waals surface area contributed by atoms with Crippen LogP contribution in [0.3, 0.4) is 0 Å². The number of hydrogen-bond donors (Lipinski definition) is 1. The van der Waals surface area contributed by atoms with Gasteiger partial charge < -0.3 is 13.6 Å². The first-order valence-corrected chi connectivity index (χ1v) is 12.9. The molecule has 0 aromatic carbocycles. The van der Waals surface area contributed by atoms with E-state index in [-0.39, 0.29) is 6.42 Å². The Morgan fingerprint density at radius 2 is 1.74 bits per heavy atom. The van der Waals surface area contributed by atoms with Crippen molar-refractivity contribution in [2.75, 3.05) is 7.11 Å². The van der Waals surface area contributed by atoms with Gasteiger partial charge in [0.1, 0.15) is 0 Å². The molecule has 0 rings (SSSR count). The molecule has 0 aromatic rings. The van der Waals surface area contributed by atoms with Crippen LogP contribution in [0, 0.1) is 0 Å². The first-order valence-electron chi connectivity index (χ1n) is 7.22. The molecule has 0 saturated carbocycles. The summed E-state index contributed by atoms with van der Waals surface area (Å²) in [6.45, 7) is 8.77. The molecular weight excluding hydrogens is 276 g/mol. The minimum atomic E-state index is -2.07. The second kappa shape index (κ2) is 8.89. The van der Waals surface area contributed by atoms with E-state index in [1.807, 2.05) is 0 Å². The van der Waals surface area contributed by atoms with Gasteiger partial charge in [0.2, 0.25) is 0 Å². The van der Waals surface area contributed by atoms with Gasteiger partial charge in [-0.3, -0.25) is 4.79 Å². The van der Waals surface area contributed by atoms with Gasteiger partial charge in [-0.1, -0.05) is 26.2 Å². The Hall–Kier alpha value is -0.176. The highest BCUT2D eigenvalue weighted by atomic mass is 28.4. The number of carboxylic acid groups (broad SMARTS) is 1. The number of aliphatic carboxylic acids is 1. The maximum atomic E-state index is 10.5. The lowest BCUT2D eigenvalue weighted by Gasteiger charge is -2.35. The van der Waals surface area contributed by atoms with E-state index in [0.717, 1.165) is 37.8 Å². The van der Waals surface area contributed by atoms with Crippen molar-refractivity contribution in [2.45, 2.75) is 70.8 Å². The zero-order valence-corrected chi connectivity index (χ0v) is 15.1. The largest absolute Gasteiger partial charge is 0.481 e. The van der Waals surface area contributed by atoms with Gasteiger partial charge >= 0.3 is 14.5 Å². The number of unbranched alkanes of at least 4 members (excludes halogenated alkanes) is 2. The van der Waals surface area contributed by atoms with Crippen molar-refractivity contribution in [3.63, 3.8) is 0 Å². The molecule has 0 aliphatic heterocycles. The predicted octanol–water partition coefficient (Wildman–Crippen LogP) is 3.98. The van der Waals surface area contributed by atoms with Gasteiger partial charge in [-0.15, -0.1) is 0 Å². The molecule has 0 aliphatic rings. The summed E-state index contributed by atoms with van der Waals surface area (Å²) >= 11 is 0. The molecule has 1 N–H and O–H groups in total. The summed E-state index contributed by atoms with van der Waals surface area (Å²) in [6.07, 6.45) is 4.06. The molecule has 0 aromatic heterocycles. The third kappa shape index (κ3) is 9.37. The fraction of sp³-hybridized carbons (Fsp3) is 0.923. The topological polar surface area (TPSA) is 55.8 Å². The van der Waals surface area contributed by atoms with E-state index in [9.17, 15) is 4.79 Å². The minimum absolute atomic E-state index is 0.268. The van der Waals surface area contributed by atoms with E-state index in [2.05, 4.69) is 26.6 Å². The Morgan fingerprint density at radius 3 is 2.16 bits per heavy atom. The Labute approximate surface area is 119 Å². The zero-order valence-electron chi connectivity index (χ0n) is 13.1. The molecular formula is C13H30O4Si2. The molecule has 1 atom stereocenters. The predicted molar refractivity (Wildman–Crippen MR) is 83.2 cm³/mol. The third-order valence-electron chi connectivity index (χ3n) is 2.94. The molecule has 0 saturated heterocycles. The molecule has 0 aliphatic carbocycles. The number of rotatable bonds is 11. The molecule has 1 unspecified atom stereocenters. The van der Waals surface area contributed by atoms with Gasteiger partial charge in [0.25, 0.3) is 0 Å². The van der Waals surface area contributed by atoms with Crippen LogP contribution in [0.15, 0.2) is 0 Å². The van der Waals surface area contributed by atoms with Crippen LogP contribution >= 0.6 is 0 Å². The SMILES string of the molecule is CCC[Si](CCCCCC(=O)O)(OC)O[Si](C)(C)C. The molecule has 6 heteroatoms. The average Bonchev–Trinajstić information content (AvgIpc) is 2.26. The van der Waals surface area contributed by atoms with Gasteiger partial charge in [-0.25, -0.2) is 0 Å². The van der Waals surface area contributed by atoms with Crippen molar-refractivity contribution in [1.29, 1.82) is 0 Å². The quantitative estimate of drug-likeness (QED) is 0.463. The number of carboxylic acids is 1. The molecule has 0 bridgehead atoms. The fourth-order valence-corrected chi connectivity index (χ4v) is 10.1. The lowest BCUT2D eigenvalue weighted by Crippen LogP contribution is -2.48. The van der Waals surface area contributed by atoms with Crippen LogP contribution in [-0.2, 0) is 13.3 Å². The van der Waals surface area contributed by atoms with Crippen molar-refractivity contribution < 1.29 is 18.4 Å². The zero-order chi connectivity index (χ0) is 14.9. The van der Waals surface area contributed by atoms with Gasteiger partial charge in [0.05, 0.1) is 0 Å². The first kappa shape index (κ1) is 18.8. The lowest BCUT2D eigenvalue weighted by atomic mass is 10.2. The molecule has 114 valence electrons. The van der Waals surface area contributed by atoms with Crippen LogP contribution in [0.5, 0.6) is 0 Å². The van der Waals surface area contributed by atoms with Crippen molar-refractivity contribution in [3.8, 4) is 0 Å². The summed E-state index contributed by atoms with van der Waals surface area (Å²) in [5.41, 5.74) is 0. The van der Waals surface area contributed by atoms with Gasteiger partial charge in [0.15, 0.2) is 8.32 Å². The van der Waals surface area contributed by atoms with Gasteiger partial charge in [-0.05, 0) is 38.2 Å². The second-order valence-corrected chi connectivity index (χ2v) is 14.3. The van der Waals surface area contributed by atoms with Crippen molar-refractivity contribution >= 4 is 22.8 Å². The highest BCUT2D eigenvalue weighted by molar-refractivity contribution is 6.82. The standard InChI is InChI=1S/C13H30O4Si2/c1-6-11-19(16-2,17-18(3,4)5)12-9-7-8-10-13(14)15/h6-12H2,1-5H3,(H,14,15). The average molecular weight is 307 g/mol. The maximum Gasteiger partial charge on any atom is 0.327 e. The van der Waals surface area contributed by atoms with Crippen molar-refractivity contribution in [3.05, 3.63) is 0 Å². The van der Waals surface area contributed by atoms with Gasteiger partial charge in [-0.2, -0.15) is 0 Å². The van der Waals surface area contributed by atoms with E-state index < -0.39 is 22.8 Å². The van der Waals surface area contributed by atoms with E-state index >= 15 is 0 Å². The van der Waals surface area contributed by atoms with Crippen molar-refractivity contribution in [1.82, 2.24) is 0 Å². The van der Waals surface area contributed by atoms with E-state index in [1.54, 1.807) is 7.11 Å². The molecule has 19 heavy (non-hydrogen) atoms. The highest BCUT2D eigenvalue weighted by Gasteiger charge is 2.39. The van der Waals surface area contributed by atoms with Crippen LogP contribution in [-0.4, -0.2) is 35.1 Å². The molecule has 4 nitrogen and oxygen atoms in total. The summed E-state index contributed by atoms with van der Waals surface area (Å²) in [5, 5.41) is 8.62. The first-order chi connectivity index (χ1) is 8.74. The van der Waals surface area contributed by atoms with E-state index in [4.69, 9.17) is 13.6 Å². The van der Waals surface area contributed by atoms with Crippen LogP contribution in [0.25, 0.3) is 0 Å². The second-order valence-electron chi connectivity index (χ2n) is 6.03. The lowest BCUT2D eigenvalue weighted by molar-refractivity contribution is -0.137. The Kier molecular flexibility index (Phi) is 8.81. The molecule has 0 radical (unpaired) electrons. The monoisotopic (exact) mass is 306 g/mol. The van der Waals surface area contributed by atoms with Crippen LogP contribution in [0.4, 0.5) is 0 Å². The molecule has 0 fully saturated rings.